The molecule has 3 N–H and O–H groups in total. The first kappa shape index (κ1) is 18.9. The molecule has 0 amide bonds. The van der Waals surface area contributed by atoms with Gasteiger partial charge >= 0.3 is 11.9 Å². The van der Waals surface area contributed by atoms with Crippen LogP contribution in [0.5, 0.6) is 0 Å². The van der Waals surface area contributed by atoms with E-state index >= 15 is 0 Å². The van der Waals surface area contributed by atoms with Gasteiger partial charge in [-0.25, -0.2) is 0 Å². The van der Waals surface area contributed by atoms with Crippen molar-refractivity contribution < 1.29 is 63.5 Å². The van der Waals surface area contributed by atoms with Crippen LogP contribution in [0.4, 0.5) is 0 Å². The van der Waals surface area contributed by atoms with Gasteiger partial charge in [0, 0.05) is 50.1 Å². The molecular weight excluding hydrogens is 451 g/mol. The summed E-state index contributed by atoms with van der Waals surface area (Å²) in [5, 5.41) is 11.4. The number of ether oxygens (including phenoxy) is 1. The summed E-state index contributed by atoms with van der Waals surface area (Å²) >= 11 is 0. The molecule has 0 aromatic rings. The van der Waals surface area contributed by atoms with Crippen LogP contribution in [0.15, 0.2) is 0 Å². The average molecular weight is 465 g/mol. The summed E-state index contributed by atoms with van der Waals surface area (Å²) < 4.78 is 4.54. The second-order valence-corrected chi connectivity index (χ2v) is 3.23. The minimum Gasteiger partial charge on any atom is -0.676 e. The summed E-state index contributed by atoms with van der Waals surface area (Å²) in [6.07, 6.45) is 0.200. The molecule has 8 heteroatoms. The summed E-state index contributed by atoms with van der Waals surface area (Å²) in [5.74, 6) is -1.95. The molecule has 1 aliphatic rings. The standard InChI is InChI=1S/C8H13N2O4.Ac.ClH/c1-14-8(13)4-2-5(7(11)12)10-6(4)3-9;;/h4-6,9-10H,2-3H2,1H3,(H,11,12);;1H/q-1;;. The summed E-state index contributed by atoms with van der Waals surface area (Å²) in [7, 11) is 1.26. The van der Waals surface area contributed by atoms with Crippen molar-refractivity contribution in [2.75, 3.05) is 13.7 Å². The number of methoxy groups -OCH3 is 1. The Bertz CT molecular complexity index is 254. The molecule has 1 saturated heterocycles. The predicted octanol–water partition coefficient (Wildman–Crippen LogP) is 0.0647. The molecule has 1 aliphatic heterocycles. The molecule has 1 rings (SSSR count). The number of aliphatic carboxylic acids is 1. The number of rotatable bonds is 3. The molecule has 3 unspecified atom stereocenters. The Morgan fingerprint density at radius 3 is 2.50 bits per heavy atom. The second-order valence-electron chi connectivity index (χ2n) is 3.23. The summed E-state index contributed by atoms with van der Waals surface area (Å²) in [5.41, 5.74) is 7.17. The molecule has 0 spiro atoms. The van der Waals surface area contributed by atoms with Crippen molar-refractivity contribution in [3.05, 3.63) is 5.73 Å². The molecule has 0 aromatic heterocycles. The van der Waals surface area contributed by atoms with Crippen molar-refractivity contribution in [1.82, 2.24) is 5.32 Å². The van der Waals surface area contributed by atoms with E-state index in [4.69, 9.17) is 10.8 Å². The Kier molecular flexibility index (Phi) is 10.2. The number of halogens is 1. The minimum absolute atomic E-state index is 0. The first-order valence-electron chi connectivity index (χ1n) is 4.31. The van der Waals surface area contributed by atoms with Gasteiger partial charge in [0.1, 0.15) is 6.04 Å². The number of carbonyl (C=O) groups excluding carboxylic acids is 1. The molecule has 0 aromatic carbocycles. The molecule has 1 heterocycles. The van der Waals surface area contributed by atoms with E-state index in [0.717, 1.165) is 0 Å². The quantitative estimate of drug-likeness (QED) is 0.576. The predicted molar refractivity (Wildman–Crippen MR) is 54.9 cm³/mol. The van der Waals surface area contributed by atoms with Crippen LogP contribution in [-0.2, 0) is 14.3 Å². The van der Waals surface area contributed by atoms with Gasteiger partial charge in [-0.2, -0.15) is 0 Å². The minimum atomic E-state index is -0.991. The maximum absolute atomic E-state index is 11.2. The summed E-state index contributed by atoms with van der Waals surface area (Å²) in [6.45, 7) is -0.0243. The van der Waals surface area contributed by atoms with Gasteiger partial charge in [0.25, 0.3) is 0 Å². The van der Waals surface area contributed by atoms with Crippen LogP contribution in [-0.4, -0.2) is 42.8 Å². The molecule has 16 heavy (non-hydrogen) atoms. The van der Waals surface area contributed by atoms with Gasteiger partial charge in [-0.1, -0.05) is 0 Å². The fraction of sp³-hybridized carbons (Fsp3) is 0.750. The van der Waals surface area contributed by atoms with Crippen LogP contribution < -0.4 is 5.32 Å². The molecule has 0 aliphatic carbocycles. The van der Waals surface area contributed by atoms with Crippen LogP contribution in [0.1, 0.15) is 6.42 Å². The molecule has 1 fully saturated rings. The van der Waals surface area contributed by atoms with Crippen molar-refractivity contribution in [2.24, 2.45) is 5.92 Å². The third kappa shape index (κ3) is 4.46. The van der Waals surface area contributed by atoms with Crippen molar-refractivity contribution in [3.63, 3.8) is 0 Å². The maximum Gasteiger partial charge on any atom is 0.320 e. The first-order valence-corrected chi connectivity index (χ1v) is 4.31. The first-order chi connectivity index (χ1) is 6.60. The number of hydrogen-bond donors (Lipinski definition) is 2. The summed E-state index contributed by atoms with van der Waals surface area (Å²) in [4.78, 5) is 21.9. The van der Waals surface area contributed by atoms with Gasteiger partial charge < -0.3 is 20.9 Å². The Balaban J connectivity index is 0. The number of carboxylic acids is 1. The molecule has 1 radical (unpaired) electrons. The zero-order valence-electron chi connectivity index (χ0n) is 8.80. The summed E-state index contributed by atoms with van der Waals surface area (Å²) in [6, 6.07) is -1.15. The van der Waals surface area contributed by atoms with E-state index in [2.05, 4.69) is 10.1 Å². The van der Waals surface area contributed by atoms with Gasteiger partial charge in [-0.15, -0.1) is 19.0 Å². The van der Waals surface area contributed by atoms with Gasteiger partial charge in [-0.05, 0) is 6.42 Å². The van der Waals surface area contributed by atoms with Gasteiger partial charge in [0.15, 0.2) is 0 Å². The SMILES string of the molecule is COC(=O)C1CC(C(=O)O)NC1C[NH-].Cl.[Ac]. The normalized spacial score (nSPS) is 27.5. The number of esters is 1. The monoisotopic (exact) mass is 464 g/mol. The van der Waals surface area contributed by atoms with Crippen molar-refractivity contribution in [3.8, 4) is 0 Å². The van der Waals surface area contributed by atoms with E-state index in [1.54, 1.807) is 0 Å². The third-order valence-electron chi connectivity index (χ3n) is 2.41. The molecule has 0 saturated carbocycles. The topological polar surface area (TPSA) is 99.4 Å². The largest absolute Gasteiger partial charge is 0.676 e. The van der Waals surface area contributed by atoms with Crippen molar-refractivity contribution >= 4 is 24.3 Å². The van der Waals surface area contributed by atoms with Crippen LogP contribution >= 0.6 is 12.4 Å². The van der Waals surface area contributed by atoms with Gasteiger partial charge in [-0.3, -0.25) is 9.59 Å². The fourth-order valence-electron chi connectivity index (χ4n) is 1.65. The van der Waals surface area contributed by atoms with Crippen LogP contribution in [0.3, 0.4) is 0 Å². The van der Waals surface area contributed by atoms with Gasteiger partial charge in [0.05, 0.1) is 13.0 Å². The van der Waals surface area contributed by atoms with Crippen molar-refractivity contribution in [1.29, 1.82) is 0 Å². The van der Waals surface area contributed by atoms with Gasteiger partial charge in [0.2, 0.25) is 0 Å². The third-order valence-corrected chi connectivity index (χ3v) is 2.41. The smallest absolute Gasteiger partial charge is 0.320 e. The Hall–Kier alpha value is 0.592. The molecule has 6 nitrogen and oxygen atoms in total. The van der Waals surface area contributed by atoms with Crippen LogP contribution in [0, 0.1) is 50.0 Å². The van der Waals surface area contributed by atoms with E-state index in [-0.39, 0.29) is 69.4 Å². The number of carboxylic acid groups (broad SMARTS) is 1. The molecule has 91 valence electrons. The average Bonchev–Trinajstić information content (AvgIpc) is 2.60. The Labute approximate surface area is 136 Å². The number of carbonyl (C=O) groups is 2. The second kappa shape index (κ2) is 8.65. The van der Waals surface area contributed by atoms with E-state index in [9.17, 15) is 9.59 Å². The van der Waals surface area contributed by atoms with Crippen LogP contribution in [0.25, 0.3) is 5.73 Å². The number of nitrogens with one attached hydrogen (secondary N) is 2. The van der Waals surface area contributed by atoms with E-state index in [1.807, 2.05) is 0 Å². The maximum atomic E-state index is 11.2. The zero-order chi connectivity index (χ0) is 10.7. The zero-order valence-corrected chi connectivity index (χ0v) is 14.4. The molecular formula is C8H14AcClN2O4-. The molecule has 3 atom stereocenters. The number of hydrogen-bond acceptors (Lipinski definition) is 4. The molecule has 0 bridgehead atoms. The van der Waals surface area contributed by atoms with E-state index in [0.29, 0.717) is 0 Å². The van der Waals surface area contributed by atoms with Crippen LogP contribution in [0.2, 0.25) is 0 Å². The van der Waals surface area contributed by atoms with E-state index < -0.39 is 29.9 Å². The van der Waals surface area contributed by atoms with Crippen molar-refractivity contribution in [2.45, 2.75) is 18.5 Å². The fourth-order valence-corrected chi connectivity index (χ4v) is 1.65. The Morgan fingerprint density at radius 1 is 1.56 bits per heavy atom. The van der Waals surface area contributed by atoms with E-state index in [1.165, 1.54) is 7.11 Å². The Morgan fingerprint density at radius 2 is 2.12 bits per heavy atom.